The summed E-state index contributed by atoms with van der Waals surface area (Å²) in [5.41, 5.74) is 0. The number of hydrogen-bond donors (Lipinski definition) is 2. The molecular formula is C10H12Br2O3S. The van der Waals surface area contributed by atoms with Gasteiger partial charge in [-0.05, 0) is 51.1 Å². The molecule has 0 radical (unpaired) electrons. The zero-order valence-corrected chi connectivity index (χ0v) is 12.4. The summed E-state index contributed by atoms with van der Waals surface area (Å²) >= 11 is 8.24. The van der Waals surface area contributed by atoms with Crippen LogP contribution in [0.5, 0.6) is 0 Å². The van der Waals surface area contributed by atoms with Crippen LogP contribution in [0.1, 0.15) is 36.7 Å². The van der Waals surface area contributed by atoms with Crippen molar-refractivity contribution in [3.8, 4) is 0 Å². The van der Waals surface area contributed by atoms with Crippen LogP contribution in [-0.4, -0.2) is 16.2 Å². The summed E-state index contributed by atoms with van der Waals surface area (Å²) < 4.78 is 1.83. The number of carboxylic acids is 1. The zero-order valence-electron chi connectivity index (χ0n) is 8.45. The Morgan fingerprint density at radius 1 is 1.44 bits per heavy atom. The van der Waals surface area contributed by atoms with Gasteiger partial charge in [-0.2, -0.15) is 0 Å². The predicted octanol–water partition coefficient (Wildman–Crippen LogP) is 3.95. The molecule has 0 fully saturated rings. The summed E-state index contributed by atoms with van der Waals surface area (Å²) in [4.78, 5) is 11.2. The van der Waals surface area contributed by atoms with Crippen molar-refractivity contribution in [3.05, 3.63) is 19.2 Å². The number of thiophene rings is 1. The zero-order chi connectivity index (χ0) is 12.1. The SMILES string of the molecule is O=C(O)CCCCC(O)c1scc(Br)c1Br. The Labute approximate surface area is 115 Å². The molecule has 0 aromatic carbocycles. The minimum atomic E-state index is -0.783. The molecule has 1 unspecified atom stereocenters. The molecule has 0 aliphatic carbocycles. The first-order valence-electron chi connectivity index (χ1n) is 4.84. The van der Waals surface area contributed by atoms with Gasteiger partial charge >= 0.3 is 5.97 Å². The van der Waals surface area contributed by atoms with E-state index in [0.29, 0.717) is 12.8 Å². The van der Waals surface area contributed by atoms with Crippen LogP contribution >= 0.6 is 43.2 Å². The summed E-state index contributed by atoms with van der Waals surface area (Å²) in [6, 6.07) is 0. The van der Waals surface area contributed by atoms with E-state index in [1.54, 1.807) is 0 Å². The van der Waals surface area contributed by atoms with Crippen LogP contribution in [0.4, 0.5) is 0 Å². The average molecular weight is 372 g/mol. The Hall–Kier alpha value is 0.0900. The highest BCUT2D eigenvalue weighted by Gasteiger charge is 2.15. The van der Waals surface area contributed by atoms with Gasteiger partial charge in [0, 0.05) is 25.6 Å². The highest BCUT2D eigenvalue weighted by molar-refractivity contribution is 9.13. The third kappa shape index (κ3) is 4.16. The van der Waals surface area contributed by atoms with Crippen molar-refractivity contribution in [2.24, 2.45) is 0 Å². The standard InChI is InChI=1S/C10H12Br2O3S/c11-6-5-16-10(9(6)12)7(13)3-1-2-4-8(14)15/h5,7,13H,1-4H2,(H,14,15). The maximum atomic E-state index is 10.3. The molecule has 3 nitrogen and oxygen atoms in total. The second-order valence-corrected chi connectivity index (χ2v) is 5.98. The third-order valence-electron chi connectivity index (χ3n) is 2.14. The van der Waals surface area contributed by atoms with Crippen LogP contribution in [-0.2, 0) is 4.79 Å². The van der Waals surface area contributed by atoms with Gasteiger partial charge in [-0.15, -0.1) is 11.3 Å². The average Bonchev–Trinajstić information content (AvgIpc) is 2.54. The quantitative estimate of drug-likeness (QED) is 0.744. The van der Waals surface area contributed by atoms with Crippen molar-refractivity contribution in [1.29, 1.82) is 0 Å². The molecule has 0 aliphatic rings. The Balaban J connectivity index is 2.38. The smallest absolute Gasteiger partial charge is 0.303 e. The summed E-state index contributed by atoms with van der Waals surface area (Å²) in [5.74, 6) is -0.783. The summed E-state index contributed by atoms with van der Waals surface area (Å²) in [5, 5.41) is 20.3. The van der Waals surface area contributed by atoms with Crippen molar-refractivity contribution >= 4 is 49.2 Å². The number of hydrogen-bond acceptors (Lipinski definition) is 3. The van der Waals surface area contributed by atoms with Crippen molar-refractivity contribution in [1.82, 2.24) is 0 Å². The van der Waals surface area contributed by atoms with Crippen molar-refractivity contribution in [2.45, 2.75) is 31.8 Å². The van der Waals surface area contributed by atoms with Gasteiger partial charge in [0.2, 0.25) is 0 Å². The van der Waals surface area contributed by atoms with Gasteiger partial charge in [0.25, 0.3) is 0 Å². The van der Waals surface area contributed by atoms with Crippen LogP contribution in [0.3, 0.4) is 0 Å². The highest BCUT2D eigenvalue weighted by atomic mass is 79.9. The normalized spacial score (nSPS) is 12.7. The monoisotopic (exact) mass is 370 g/mol. The lowest BCUT2D eigenvalue weighted by Gasteiger charge is -2.08. The Kier molecular flexibility index (Phi) is 5.96. The summed E-state index contributed by atoms with van der Waals surface area (Å²) in [6.45, 7) is 0. The van der Waals surface area contributed by atoms with Crippen LogP contribution < -0.4 is 0 Å². The van der Waals surface area contributed by atoms with Crippen LogP contribution in [0.15, 0.2) is 14.3 Å². The highest BCUT2D eigenvalue weighted by Crippen LogP contribution is 2.38. The number of aliphatic carboxylic acids is 1. The topological polar surface area (TPSA) is 57.5 Å². The molecule has 0 saturated heterocycles. The number of aliphatic hydroxyl groups is 1. The molecule has 2 N–H and O–H groups in total. The lowest BCUT2D eigenvalue weighted by atomic mass is 10.1. The van der Waals surface area contributed by atoms with E-state index in [1.165, 1.54) is 11.3 Å². The Morgan fingerprint density at radius 3 is 2.62 bits per heavy atom. The lowest BCUT2D eigenvalue weighted by Crippen LogP contribution is -1.98. The fraction of sp³-hybridized carbons (Fsp3) is 0.500. The van der Waals surface area contributed by atoms with E-state index in [1.807, 2.05) is 5.38 Å². The first kappa shape index (κ1) is 14.2. The Bertz CT molecular complexity index is 365. The minimum Gasteiger partial charge on any atom is -0.481 e. The third-order valence-corrected chi connectivity index (χ3v) is 5.80. The van der Waals surface area contributed by atoms with E-state index < -0.39 is 12.1 Å². The van der Waals surface area contributed by atoms with E-state index in [2.05, 4.69) is 31.9 Å². The fourth-order valence-electron chi connectivity index (χ4n) is 1.31. The molecule has 90 valence electrons. The van der Waals surface area contributed by atoms with Gasteiger partial charge in [-0.3, -0.25) is 4.79 Å². The molecule has 16 heavy (non-hydrogen) atoms. The van der Waals surface area contributed by atoms with Crippen LogP contribution in [0.25, 0.3) is 0 Å². The molecule has 6 heteroatoms. The first-order valence-corrected chi connectivity index (χ1v) is 7.31. The van der Waals surface area contributed by atoms with Gasteiger partial charge in [0.1, 0.15) is 0 Å². The second kappa shape index (κ2) is 6.74. The van der Waals surface area contributed by atoms with Gasteiger partial charge in [0.15, 0.2) is 0 Å². The molecular weight excluding hydrogens is 360 g/mol. The number of unbranched alkanes of at least 4 members (excludes halogenated alkanes) is 1. The molecule has 1 aromatic heterocycles. The van der Waals surface area contributed by atoms with Gasteiger partial charge in [-0.1, -0.05) is 0 Å². The lowest BCUT2D eigenvalue weighted by molar-refractivity contribution is -0.137. The van der Waals surface area contributed by atoms with Gasteiger partial charge in [-0.25, -0.2) is 0 Å². The minimum absolute atomic E-state index is 0.169. The number of carboxylic acid groups (broad SMARTS) is 1. The molecule has 1 heterocycles. The molecule has 0 bridgehead atoms. The maximum absolute atomic E-state index is 10.3. The Morgan fingerprint density at radius 2 is 2.12 bits per heavy atom. The summed E-state index contributed by atoms with van der Waals surface area (Å²) in [7, 11) is 0. The van der Waals surface area contributed by atoms with Crippen LogP contribution in [0.2, 0.25) is 0 Å². The molecule has 0 aliphatic heterocycles. The van der Waals surface area contributed by atoms with E-state index in [-0.39, 0.29) is 6.42 Å². The molecule has 0 spiro atoms. The predicted molar refractivity (Wildman–Crippen MR) is 70.8 cm³/mol. The van der Waals surface area contributed by atoms with Crippen molar-refractivity contribution in [2.75, 3.05) is 0 Å². The maximum Gasteiger partial charge on any atom is 0.303 e. The molecule has 1 atom stereocenters. The van der Waals surface area contributed by atoms with Gasteiger partial charge in [0.05, 0.1) is 6.10 Å². The number of rotatable bonds is 6. The van der Waals surface area contributed by atoms with E-state index in [9.17, 15) is 9.90 Å². The van der Waals surface area contributed by atoms with Crippen molar-refractivity contribution in [3.63, 3.8) is 0 Å². The second-order valence-electron chi connectivity index (χ2n) is 3.42. The first-order chi connectivity index (χ1) is 7.52. The number of aliphatic hydroxyl groups excluding tert-OH is 1. The molecule has 1 rings (SSSR count). The molecule has 1 aromatic rings. The molecule has 0 amide bonds. The van der Waals surface area contributed by atoms with Gasteiger partial charge < -0.3 is 10.2 Å². The summed E-state index contributed by atoms with van der Waals surface area (Å²) in [6.07, 6.45) is 1.58. The van der Waals surface area contributed by atoms with Crippen molar-refractivity contribution < 1.29 is 15.0 Å². The molecule has 0 saturated carbocycles. The fourth-order valence-corrected chi connectivity index (χ4v) is 3.58. The van der Waals surface area contributed by atoms with Crippen LogP contribution in [0, 0.1) is 0 Å². The number of halogens is 2. The number of carbonyl (C=O) groups is 1. The van der Waals surface area contributed by atoms with E-state index in [0.717, 1.165) is 20.2 Å². The van der Waals surface area contributed by atoms with E-state index >= 15 is 0 Å². The van der Waals surface area contributed by atoms with E-state index in [4.69, 9.17) is 5.11 Å². The largest absolute Gasteiger partial charge is 0.481 e.